The second-order valence-corrected chi connectivity index (χ2v) is 20.4. The topological polar surface area (TPSA) is 16.4 Å². The summed E-state index contributed by atoms with van der Waals surface area (Å²) < 4.78 is 6.42. The molecule has 71 heavy (non-hydrogen) atoms. The normalized spacial score (nSPS) is 13.2. The van der Waals surface area contributed by atoms with Crippen LogP contribution >= 0.6 is 0 Å². The van der Waals surface area contributed by atoms with Gasteiger partial charge in [-0.2, -0.15) is 0 Å². The van der Waals surface area contributed by atoms with Crippen molar-refractivity contribution >= 4 is 60.5 Å². The molecule has 1 aromatic heterocycles. The minimum absolute atomic E-state index is 0.394. The van der Waals surface area contributed by atoms with E-state index in [-0.39, 0.29) is 0 Å². The predicted octanol–water partition coefficient (Wildman–Crippen LogP) is 19.3. The van der Waals surface area contributed by atoms with Gasteiger partial charge in [0.05, 0.1) is 11.1 Å². The Bertz CT molecular complexity index is 4070. The highest BCUT2D eigenvalue weighted by Gasteiger charge is 2.53. The molecule has 2 heteroatoms. The predicted molar refractivity (Wildman–Crippen MR) is 299 cm³/mol. The highest BCUT2D eigenvalue weighted by Crippen LogP contribution is 2.65. The van der Waals surface area contributed by atoms with Crippen LogP contribution in [0.4, 0.5) is 17.1 Å². The van der Waals surface area contributed by atoms with Crippen molar-refractivity contribution in [3.8, 4) is 44.5 Å². The molecule has 0 amide bonds. The van der Waals surface area contributed by atoms with Crippen molar-refractivity contribution in [1.29, 1.82) is 0 Å². The maximum atomic E-state index is 6.42. The van der Waals surface area contributed by atoms with Crippen LogP contribution in [0.25, 0.3) is 88.0 Å². The minimum Gasteiger partial charge on any atom is -0.456 e. The first-order valence-corrected chi connectivity index (χ1v) is 25.2. The van der Waals surface area contributed by atoms with Gasteiger partial charge in [0.2, 0.25) is 0 Å². The molecule has 0 fully saturated rings. The van der Waals surface area contributed by atoms with E-state index in [0.717, 1.165) is 39.0 Å². The molecular weight excluding hydrogens is 859 g/mol. The number of furan rings is 1. The van der Waals surface area contributed by atoms with Gasteiger partial charge in [0.1, 0.15) is 11.2 Å². The van der Waals surface area contributed by atoms with Gasteiger partial charge in [-0.15, -0.1) is 0 Å². The molecule has 0 saturated heterocycles. The fourth-order valence-electron chi connectivity index (χ4n) is 12.2. The molecule has 0 N–H and O–H groups in total. The van der Waals surface area contributed by atoms with Crippen LogP contribution in [0.2, 0.25) is 0 Å². The van der Waals surface area contributed by atoms with Gasteiger partial charge < -0.3 is 9.32 Å². The van der Waals surface area contributed by atoms with Crippen LogP contribution < -0.4 is 4.90 Å². The molecule has 2 aliphatic carbocycles. The smallest absolute Gasteiger partial charge is 0.135 e. The molecule has 338 valence electrons. The van der Waals surface area contributed by atoms with Gasteiger partial charge >= 0.3 is 0 Å². The van der Waals surface area contributed by atoms with E-state index in [2.05, 4.69) is 251 Å². The molecule has 1 heterocycles. The number of hydrogen-bond acceptors (Lipinski definition) is 2. The van der Waals surface area contributed by atoms with Crippen molar-refractivity contribution in [3.05, 3.63) is 258 Å². The Morgan fingerprint density at radius 2 is 0.887 bits per heavy atom. The molecule has 1 spiro atoms. The molecule has 0 bridgehead atoms. The molecule has 2 nitrogen and oxygen atoms in total. The number of rotatable bonds is 7. The van der Waals surface area contributed by atoms with Gasteiger partial charge in [0.25, 0.3) is 0 Å². The summed E-state index contributed by atoms with van der Waals surface area (Å²) in [5, 5.41) is 7.19. The number of nitrogens with zero attached hydrogens (tertiary/aromatic N) is 1. The largest absolute Gasteiger partial charge is 0.456 e. The fraction of sp³-hybridized carbons (Fsp3) is 0.101. The van der Waals surface area contributed by atoms with E-state index in [9.17, 15) is 0 Å². The first-order chi connectivity index (χ1) is 34.8. The van der Waals surface area contributed by atoms with Crippen molar-refractivity contribution in [3.63, 3.8) is 0 Å². The molecule has 2 aliphatic rings. The Kier molecular flexibility index (Phi) is 9.23. The lowest BCUT2D eigenvalue weighted by molar-refractivity contribution is 0.669. The molecule has 0 unspecified atom stereocenters. The van der Waals surface area contributed by atoms with Gasteiger partial charge in [-0.05, 0) is 166 Å². The van der Waals surface area contributed by atoms with Crippen LogP contribution in [-0.4, -0.2) is 0 Å². The zero-order valence-electron chi connectivity index (χ0n) is 40.4. The average Bonchev–Trinajstić information content (AvgIpc) is 4.04. The molecule has 0 aliphatic heterocycles. The first kappa shape index (κ1) is 41.5. The summed E-state index contributed by atoms with van der Waals surface area (Å²) in [5.74, 6) is 0.788. The van der Waals surface area contributed by atoms with Gasteiger partial charge in [-0.3, -0.25) is 0 Å². The standard InChI is InChI=1S/C69H51NO/c1-42(2)46-28-33-56-57-34-29-47(43(3)4)40-64(57)69(63(56)39-46)61-16-9-7-15-59(61)68-62(69)17-11-18-65(68)70(55-32-35-67-60(41-55)58-14-8-10-19-66(58)71-67)54-30-26-45(27-31-54)49-22-23-52-38-53(25-24-51(52)37-49)50-21-20-44-12-5-6-13-48(44)36-50/h5-43H,1-4H3. The zero-order valence-corrected chi connectivity index (χ0v) is 40.4. The minimum atomic E-state index is -0.491. The third-order valence-corrected chi connectivity index (χ3v) is 15.8. The molecule has 0 atom stereocenters. The summed E-state index contributed by atoms with van der Waals surface area (Å²) in [5.41, 5.74) is 22.8. The van der Waals surface area contributed by atoms with Crippen molar-refractivity contribution in [1.82, 2.24) is 0 Å². The van der Waals surface area contributed by atoms with E-state index in [0.29, 0.717) is 11.8 Å². The lowest BCUT2D eigenvalue weighted by atomic mass is 9.69. The van der Waals surface area contributed by atoms with E-state index < -0.39 is 5.41 Å². The van der Waals surface area contributed by atoms with Gasteiger partial charge in [0, 0.05) is 27.7 Å². The summed E-state index contributed by atoms with van der Waals surface area (Å²) in [6, 6.07) is 84.2. The van der Waals surface area contributed by atoms with Crippen molar-refractivity contribution < 1.29 is 4.42 Å². The van der Waals surface area contributed by atoms with E-state index in [1.807, 2.05) is 6.07 Å². The van der Waals surface area contributed by atoms with Crippen LogP contribution in [0.15, 0.2) is 229 Å². The maximum Gasteiger partial charge on any atom is 0.135 e. The lowest BCUT2D eigenvalue weighted by Crippen LogP contribution is -2.26. The zero-order chi connectivity index (χ0) is 47.5. The summed E-state index contributed by atoms with van der Waals surface area (Å²) in [7, 11) is 0. The molecule has 12 aromatic rings. The highest BCUT2D eigenvalue weighted by molar-refractivity contribution is 6.08. The Balaban J connectivity index is 0.942. The third-order valence-electron chi connectivity index (χ3n) is 15.8. The highest BCUT2D eigenvalue weighted by atomic mass is 16.3. The Morgan fingerprint density at radius 3 is 1.58 bits per heavy atom. The van der Waals surface area contributed by atoms with Crippen LogP contribution in [0.5, 0.6) is 0 Å². The van der Waals surface area contributed by atoms with Crippen LogP contribution in [0.3, 0.4) is 0 Å². The maximum absolute atomic E-state index is 6.42. The monoisotopic (exact) mass is 909 g/mol. The molecular formula is C69H51NO. The molecule has 11 aromatic carbocycles. The van der Waals surface area contributed by atoms with E-state index >= 15 is 0 Å². The van der Waals surface area contributed by atoms with E-state index in [1.165, 1.54) is 99.4 Å². The lowest BCUT2D eigenvalue weighted by Gasteiger charge is -2.32. The Morgan fingerprint density at radius 1 is 0.352 bits per heavy atom. The number of anilines is 3. The second kappa shape index (κ2) is 15.8. The molecule has 0 saturated carbocycles. The number of para-hydroxylation sites is 1. The Labute approximate surface area is 415 Å². The van der Waals surface area contributed by atoms with Crippen molar-refractivity contribution in [2.24, 2.45) is 0 Å². The van der Waals surface area contributed by atoms with Crippen LogP contribution in [-0.2, 0) is 5.41 Å². The molecule has 14 rings (SSSR count). The quantitative estimate of drug-likeness (QED) is 0.158. The summed E-state index contributed by atoms with van der Waals surface area (Å²) in [6.07, 6.45) is 0. The third kappa shape index (κ3) is 6.27. The van der Waals surface area contributed by atoms with Crippen molar-refractivity contribution in [2.75, 3.05) is 4.90 Å². The van der Waals surface area contributed by atoms with Gasteiger partial charge in [0.15, 0.2) is 0 Å². The summed E-state index contributed by atoms with van der Waals surface area (Å²) >= 11 is 0. The van der Waals surface area contributed by atoms with Crippen molar-refractivity contribution in [2.45, 2.75) is 44.9 Å². The second-order valence-electron chi connectivity index (χ2n) is 20.4. The summed E-state index contributed by atoms with van der Waals surface area (Å²) in [4.78, 5) is 2.49. The van der Waals surface area contributed by atoms with Gasteiger partial charge in [-0.1, -0.05) is 191 Å². The van der Waals surface area contributed by atoms with E-state index in [4.69, 9.17) is 4.42 Å². The summed E-state index contributed by atoms with van der Waals surface area (Å²) in [6.45, 7) is 9.25. The average molecular weight is 910 g/mol. The van der Waals surface area contributed by atoms with Crippen LogP contribution in [0, 0.1) is 0 Å². The van der Waals surface area contributed by atoms with Gasteiger partial charge in [-0.25, -0.2) is 0 Å². The van der Waals surface area contributed by atoms with E-state index in [1.54, 1.807) is 0 Å². The first-order valence-electron chi connectivity index (χ1n) is 25.2. The van der Waals surface area contributed by atoms with Crippen LogP contribution in [0.1, 0.15) is 72.9 Å². The molecule has 0 radical (unpaired) electrons. The SMILES string of the molecule is CC(C)c1ccc2c(c1)C1(c3cc(C(C)C)ccc3-2)c2ccccc2-c2c(N(c3ccc(-c4ccc5cc(-c6ccc7ccccc7c6)ccc5c4)cc3)c3ccc4oc5ccccc5c4c3)cccc21. The number of hydrogen-bond donors (Lipinski definition) is 0. The number of fused-ring (bicyclic) bond motifs is 15. The fourth-order valence-corrected chi connectivity index (χ4v) is 12.2. The number of benzene rings is 11. The Hall–Kier alpha value is -8.46.